The molecule has 1 aromatic rings. The lowest BCUT2D eigenvalue weighted by atomic mass is 10.1. The number of nitrogens with two attached hydrogens (primary N) is 1. The number of ether oxygens (including phenoxy) is 2. The third-order valence-corrected chi connectivity index (χ3v) is 1.89. The first-order valence-electron chi connectivity index (χ1n) is 4.75. The first kappa shape index (κ1) is 13.6. The molecule has 0 heterocycles. The van der Waals surface area contributed by atoms with Gasteiger partial charge in [-0.25, -0.2) is 0 Å². The first-order chi connectivity index (χ1) is 8.02. The monoisotopic (exact) mass is 253 g/mol. The number of halogens is 4. The summed E-state index contributed by atoms with van der Waals surface area (Å²) in [7, 11) is 0. The molecule has 0 radical (unpaired) electrons. The van der Waals surface area contributed by atoms with Gasteiger partial charge < -0.3 is 15.2 Å². The second-order valence-electron chi connectivity index (χ2n) is 3.07. The highest BCUT2D eigenvalue weighted by molar-refractivity contribution is 5.41. The molecule has 0 aromatic heterocycles. The topological polar surface area (TPSA) is 44.5 Å². The molecule has 0 aliphatic heterocycles. The van der Waals surface area contributed by atoms with E-state index >= 15 is 0 Å². The van der Waals surface area contributed by atoms with Gasteiger partial charge in [0.15, 0.2) is 0 Å². The zero-order valence-corrected chi connectivity index (χ0v) is 8.71. The Morgan fingerprint density at radius 1 is 1.06 bits per heavy atom. The fourth-order valence-electron chi connectivity index (χ4n) is 1.28. The lowest BCUT2D eigenvalue weighted by molar-refractivity contribution is -0.0546. The van der Waals surface area contributed by atoms with Crippen LogP contribution in [0.5, 0.6) is 11.5 Å². The van der Waals surface area contributed by atoms with Gasteiger partial charge in [-0.05, 0) is 24.6 Å². The van der Waals surface area contributed by atoms with Crippen molar-refractivity contribution >= 4 is 0 Å². The summed E-state index contributed by atoms with van der Waals surface area (Å²) in [6.07, 6.45) is 0.303. The first-order valence-corrected chi connectivity index (χ1v) is 4.75. The molecule has 0 atom stereocenters. The molecule has 0 aliphatic carbocycles. The summed E-state index contributed by atoms with van der Waals surface area (Å²) in [4.78, 5) is 0. The molecular formula is C10H11F4NO2. The van der Waals surface area contributed by atoms with Crippen LogP contribution in [0.2, 0.25) is 0 Å². The molecule has 3 nitrogen and oxygen atoms in total. The molecule has 0 saturated carbocycles. The molecule has 0 amide bonds. The average molecular weight is 253 g/mol. The van der Waals surface area contributed by atoms with Crippen LogP contribution in [0.15, 0.2) is 18.2 Å². The van der Waals surface area contributed by atoms with Crippen molar-refractivity contribution in [2.45, 2.75) is 19.6 Å². The van der Waals surface area contributed by atoms with Gasteiger partial charge in [-0.3, -0.25) is 0 Å². The van der Waals surface area contributed by atoms with Crippen molar-refractivity contribution < 1.29 is 27.0 Å². The zero-order chi connectivity index (χ0) is 12.8. The summed E-state index contributed by atoms with van der Waals surface area (Å²) in [5.74, 6) is -0.444. The zero-order valence-electron chi connectivity index (χ0n) is 8.71. The fraction of sp³-hybridized carbons (Fsp3) is 0.400. The van der Waals surface area contributed by atoms with Crippen LogP contribution in [0.1, 0.15) is 5.56 Å². The number of rotatable bonds is 6. The van der Waals surface area contributed by atoms with E-state index in [9.17, 15) is 17.6 Å². The Labute approximate surface area is 95.1 Å². The molecule has 0 unspecified atom stereocenters. The van der Waals surface area contributed by atoms with E-state index in [1.807, 2.05) is 0 Å². The van der Waals surface area contributed by atoms with Crippen LogP contribution < -0.4 is 15.2 Å². The van der Waals surface area contributed by atoms with Gasteiger partial charge in [0.05, 0.1) is 0 Å². The molecule has 1 aromatic carbocycles. The van der Waals surface area contributed by atoms with E-state index in [0.717, 1.165) is 6.07 Å². The molecule has 7 heteroatoms. The Balaban J connectivity index is 2.92. The van der Waals surface area contributed by atoms with Gasteiger partial charge in [-0.1, -0.05) is 6.07 Å². The van der Waals surface area contributed by atoms with Crippen molar-refractivity contribution in [3.05, 3.63) is 23.8 Å². The molecule has 0 spiro atoms. The minimum absolute atomic E-state index is 0.205. The predicted octanol–water partition coefficient (Wildman–Crippen LogP) is 2.39. The minimum Gasteiger partial charge on any atom is -0.435 e. The normalized spacial score (nSPS) is 11.0. The second-order valence-corrected chi connectivity index (χ2v) is 3.07. The summed E-state index contributed by atoms with van der Waals surface area (Å²) in [6, 6.07) is 3.60. The highest BCUT2D eigenvalue weighted by Gasteiger charge is 2.12. The molecular weight excluding hydrogens is 242 g/mol. The molecule has 0 saturated heterocycles. The van der Waals surface area contributed by atoms with E-state index < -0.39 is 13.2 Å². The fourth-order valence-corrected chi connectivity index (χ4v) is 1.28. The number of benzene rings is 1. The maximum atomic E-state index is 12.1. The Morgan fingerprint density at radius 2 is 1.71 bits per heavy atom. The highest BCUT2D eigenvalue weighted by atomic mass is 19.3. The van der Waals surface area contributed by atoms with Gasteiger partial charge in [-0.2, -0.15) is 17.6 Å². The van der Waals surface area contributed by atoms with Crippen molar-refractivity contribution in [2.75, 3.05) is 6.54 Å². The summed E-state index contributed by atoms with van der Waals surface area (Å²) >= 11 is 0. The van der Waals surface area contributed by atoms with Crippen LogP contribution in [-0.2, 0) is 6.42 Å². The van der Waals surface area contributed by atoms with Crippen LogP contribution in [0, 0.1) is 0 Å². The summed E-state index contributed by atoms with van der Waals surface area (Å²) in [5.41, 5.74) is 5.70. The predicted molar refractivity (Wildman–Crippen MR) is 52.5 cm³/mol. The van der Waals surface area contributed by atoms with E-state index in [-0.39, 0.29) is 18.0 Å². The average Bonchev–Trinajstić information content (AvgIpc) is 2.20. The molecule has 0 aliphatic rings. The quantitative estimate of drug-likeness (QED) is 0.792. The van der Waals surface area contributed by atoms with Crippen LogP contribution in [0.3, 0.4) is 0 Å². The van der Waals surface area contributed by atoms with E-state index in [0.29, 0.717) is 12.0 Å². The Hall–Kier alpha value is -1.50. The van der Waals surface area contributed by atoms with Gasteiger partial charge >= 0.3 is 13.2 Å². The van der Waals surface area contributed by atoms with Gasteiger partial charge in [0.2, 0.25) is 0 Å². The third kappa shape index (κ3) is 4.48. The molecule has 96 valence electrons. The molecule has 1 rings (SSSR count). The third-order valence-electron chi connectivity index (χ3n) is 1.89. The summed E-state index contributed by atoms with van der Waals surface area (Å²) < 4.78 is 56.3. The van der Waals surface area contributed by atoms with E-state index in [1.165, 1.54) is 12.1 Å². The number of hydrogen-bond acceptors (Lipinski definition) is 3. The van der Waals surface area contributed by atoms with Crippen LogP contribution in [0.4, 0.5) is 17.6 Å². The molecule has 17 heavy (non-hydrogen) atoms. The second kappa shape index (κ2) is 6.29. The van der Waals surface area contributed by atoms with Crippen LogP contribution in [-0.4, -0.2) is 19.8 Å². The SMILES string of the molecule is NCCc1ccc(OC(F)F)cc1OC(F)F. The Morgan fingerprint density at radius 3 is 2.24 bits per heavy atom. The number of alkyl halides is 4. The van der Waals surface area contributed by atoms with Crippen molar-refractivity contribution in [3.63, 3.8) is 0 Å². The van der Waals surface area contributed by atoms with Gasteiger partial charge in [-0.15, -0.1) is 0 Å². The molecule has 2 N–H and O–H groups in total. The van der Waals surface area contributed by atoms with Gasteiger partial charge in [0.1, 0.15) is 11.5 Å². The standard InChI is InChI=1S/C10H11F4NO2/c11-9(12)16-7-2-1-6(3-4-15)8(5-7)17-10(13)14/h1-2,5,9-10H,3-4,15H2. The van der Waals surface area contributed by atoms with Gasteiger partial charge in [0.25, 0.3) is 0 Å². The molecule has 0 bridgehead atoms. The lowest BCUT2D eigenvalue weighted by Crippen LogP contribution is -2.09. The maximum Gasteiger partial charge on any atom is 0.387 e. The Kier molecular flexibility index (Phi) is 5.02. The van der Waals surface area contributed by atoms with Gasteiger partial charge in [0, 0.05) is 6.07 Å². The summed E-state index contributed by atoms with van der Waals surface area (Å²) in [5, 5.41) is 0. The van der Waals surface area contributed by atoms with Crippen molar-refractivity contribution in [3.8, 4) is 11.5 Å². The Bertz CT molecular complexity index is 360. The molecule has 0 fully saturated rings. The lowest BCUT2D eigenvalue weighted by Gasteiger charge is -2.12. The summed E-state index contributed by atoms with van der Waals surface area (Å²) in [6.45, 7) is -5.82. The highest BCUT2D eigenvalue weighted by Crippen LogP contribution is 2.27. The van der Waals surface area contributed by atoms with Crippen molar-refractivity contribution in [1.82, 2.24) is 0 Å². The van der Waals surface area contributed by atoms with E-state index in [4.69, 9.17) is 5.73 Å². The number of hydrogen-bond donors (Lipinski definition) is 1. The largest absolute Gasteiger partial charge is 0.435 e. The maximum absolute atomic E-state index is 12.1. The smallest absolute Gasteiger partial charge is 0.387 e. The van der Waals surface area contributed by atoms with Crippen LogP contribution >= 0.6 is 0 Å². The van der Waals surface area contributed by atoms with Crippen molar-refractivity contribution in [2.24, 2.45) is 5.73 Å². The van der Waals surface area contributed by atoms with Crippen LogP contribution in [0.25, 0.3) is 0 Å². The minimum atomic E-state index is -3.03. The van der Waals surface area contributed by atoms with E-state index in [1.54, 1.807) is 0 Å². The van der Waals surface area contributed by atoms with E-state index in [2.05, 4.69) is 9.47 Å². The van der Waals surface area contributed by atoms with Crippen molar-refractivity contribution in [1.29, 1.82) is 0 Å².